The summed E-state index contributed by atoms with van der Waals surface area (Å²) in [4.78, 5) is 26.1. The van der Waals surface area contributed by atoms with Crippen LogP contribution in [0.4, 0.5) is 0 Å². The Morgan fingerprint density at radius 2 is 1.67 bits per heavy atom. The molecule has 4 heteroatoms. The fraction of sp³-hybridized carbons (Fsp3) is 0.812. The quantitative estimate of drug-likeness (QED) is 0.176. The molecule has 0 heterocycles. The van der Waals surface area contributed by atoms with Gasteiger partial charge in [0.15, 0.2) is 5.78 Å². The molecule has 0 bridgehead atoms. The number of fused-ring (bicyclic) bond motifs is 7. The van der Waals surface area contributed by atoms with E-state index in [1.54, 1.807) is 5.57 Å². The van der Waals surface area contributed by atoms with Crippen LogP contribution in [0.5, 0.6) is 0 Å². The van der Waals surface area contributed by atoms with Gasteiger partial charge in [-0.25, -0.2) is 0 Å². The topological polar surface area (TPSA) is 63.6 Å². The van der Waals surface area contributed by atoms with Crippen molar-refractivity contribution in [3.63, 3.8) is 0 Å². The van der Waals surface area contributed by atoms with Crippen LogP contribution in [0.15, 0.2) is 23.5 Å². The lowest BCUT2D eigenvalue weighted by atomic mass is 9.33. The molecule has 0 saturated heterocycles. The summed E-state index contributed by atoms with van der Waals surface area (Å²) >= 11 is 0. The fourth-order valence-corrected chi connectivity index (χ4v) is 10.8. The van der Waals surface area contributed by atoms with Gasteiger partial charge in [-0.1, -0.05) is 53.2 Å². The van der Waals surface area contributed by atoms with Gasteiger partial charge in [-0.3, -0.25) is 9.59 Å². The minimum absolute atomic E-state index is 0.0299. The molecule has 0 aromatic rings. The minimum Gasteiger partial charge on any atom is -0.515 e. The smallest absolute Gasteiger partial charge is 0.311 e. The highest BCUT2D eigenvalue weighted by Crippen LogP contribution is 2.75. The summed E-state index contributed by atoms with van der Waals surface area (Å²) in [5, 5.41) is 10.0. The lowest BCUT2D eigenvalue weighted by molar-refractivity contribution is -0.179. The van der Waals surface area contributed by atoms with Gasteiger partial charge in [0.1, 0.15) is 0 Å². The summed E-state index contributed by atoms with van der Waals surface area (Å²) in [6.45, 7) is 16.3. The van der Waals surface area contributed by atoms with Gasteiger partial charge in [-0.2, -0.15) is 0 Å². The molecule has 4 nitrogen and oxygen atoms in total. The Labute approximate surface area is 218 Å². The van der Waals surface area contributed by atoms with Crippen LogP contribution in [0.2, 0.25) is 0 Å². The van der Waals surface area contributed by atoms with Crippen LogP contribution in [-0.4, -0.2) is 24.0 Å². The number of Topliss-reactive ketones (excluding diaryl/α,β-unsaturated/α-hetero) is 1. The summed E-state index contributed by atoms with van der Waals surface area (Å²) in [7, 11) is 1.53. The largest absolute Gasteiger partial charge is 0.515 e. The highest BCUT2D eigenvalue weighted by atomic mass is 16.5. The van der Waals surface area contributed by atoms with Crippen molar-refractivity contribution in [3.05, 3.63) is 23.5 Å². The number of esters is 1. The zero-order chi connectivity index (χ0) is 26.5. The van der Waals surface area contributed by atoms with E-state index in [4.69, 9.17) is 4.74 Å². The average molecular weight is 497 g/mol. The Morgan fingerprint density at radius 1 is 1.00 bits per heavy atom. The number of hydrogen-bond acceptors (Lipinski definition) is 4. The number of ether oxygens (including phenoxy) is 1. The van der Waals surface area contributed by atoms with E-state index in [1.165, 1.54) is 20.0 Å². The first-order chi connectivity index (χ1) is 16.6. The van der Waals surface area contributed by atoms with Crippen molar-refractivity contribution in [2.24, 2.45) is 50.2 Å². The highest BCUT2D eigenvalue weighted by molar-refractivity contribution is 6.00. The summed E-state index contributed by atoms with van der Waals surface area (Å²) < 4.78 is 5.28. The van der Waals surface area contributed by atoms with Gasteiger partial charge >= 0.3 is 5.97 Å². The Kier molecular flexibility index (Phi) is 5.59. The lowest BCUT2D eigenvalue weighted by Crippen LogP contribution is -2.64. The maximum absolute atomic E-state index is 13.3. The van der Waals surface area contributed by atoms with E-state index >= 15 is 0 Å². The molecular formula is C32H48O4. The van der Waals surface area contributed by atoms with Gasteiger partial charge in [0.2, 0.25) is 0 Å². The summed E-state index contributed by atoms with van der Waals surface area (Å²) in [6, 6.07) is 0. The van der Waals surface area contributed by atoms with Crippen molar-refractivity contribution < 1.29 is 19.4 Å². The van der Waals surface area contributed by atoms with E-state index in [1.807, 2.05) is 0 Å². The Hall–Kier alpha value is -1.58. The van der Waals surface area contributed by atoms with E-state index in [-0.39, 0.29) is 33.4 Å². The van der Waals surface area contributed by atoms with Crippen LogP contribution in [0.1, 0.15) is 106 Å². The summed E-state index contributed by atoms with van der Waals surface area (Å²) in [5.41, 5.74) is 1.78. The lowest BCUT2D eigenvalue weighted by Gasteiger charge is -2.70. The average Bonchev–Trinajstić information content (AvgIpc) is 2.82. The van der Waals surface area contributed by atoms with Crippen molar-refractivity contribution in [1.82, 2.24) is 0 Å². The predicted molar refractivity (Wildman–Crippen MR) is 142 cm³/mol. The SMILES string of the molecule is COC(=O)[C@@]1(C)CC[C@]2(C)CC[C@]3(C)C(=CC[C@@H]4[C@@]5(C)C/C(=C/O)C(=O)C(C)(C)[C@@H]5CC[C@]43C)[C@@H]2C1. The third-order valence-corrected chi connectivity index (χ3v) is 13.3. The zero-order valence-electron chi connectivity index (χ0n) is 23.9. The second kappa shape index (κ2) is 7.73. The van der Waals surface area contributed by atoms with Gasteiger partial charge in [0.05, 0.1) is 18.8 Å². The maximum atomic E-state index is 13.3. The minimum atomic E-state index is -0.454. The zero-order valence-corrected chi connectivity index (χ0v) is 23.9. The molecule has 4 fully saturated rings. The fourth-order valence-electron chi connectivity index (χ4n) is 10.8. The molecule has 4 saturated carbocycles. The number of aliphatic hydroxyl groups is 1. The van der Waals surface area contributed by atoms with Crippen molar-refractivity contribution in [1.29, 1.82) is 0 Å². The molecule has 0 aromatic heterocycles. The Bertz CT molecular complexity index is 1050. The Morgan fingerprint density at radius 3 is 2.31 bits per heavy atom. The van der Waals surface area contributed by atoms with Gasteiger partial charge in [-0.15, -0.1) is 0 Å². The van der Waals surface area contributed by atoms with Crippen molar-refractivity contribution in [2.45, 2.75) is 106 Å². The van der Waals surface area contributed by atoms with E-state index in [9.17, 15) is 14.7 Å². The first-order valence-electron chi connectivity index (χ1n) is 14.3. The molecular weight excluding hydrogens is 448 g/mol. The molecule has 36 heavy (non-hydrogen) atoms. The van der Waals surface area contributed by atoms with Crippen LogP contribution in [-0.2, 0) is 14.3 Å². The number of ketones is 1. The van der Waals surface area contributed by atoms with Gasteiger partial charge in [-0.05, 0) is 104 Å². The third-order valence-electron chi connectivity index (χ3n) is 13.3. The molecule has 5 rings (SSSR count). The van der Waals surface area contributed by atoms with Crippen LogP contribution in [0.3, 0.4) is 0 Å². The molecule has 0 amide bonds. The first kappa shape index (κ1) is 26.0. The number of carbonyl (C=O) groups is 2. The monoisotopic (exact) mass is 496 g/mol. The second-order valence-corrected chi connectivity index (χ2v) is 15.1. The molecule has 8 atom stereocenters. The van der Waals surface area contributed by atoms with Gasteiger partial charge in [0.25, 0.3) is 0 Å². The van der Waals surface area contributed by atoms with Crippen molar-refractivity contribution in [2.75, 3.05) is 7.11 Å². The number of carbonyl (C=O) groups excluding carboxylic acids is 2. The molecule has 5 aliphatic rings. The number of allylic oxidation sites excluding steroid dienone is 3. The number of methoxy groups -OCH3 is 1. The van der Waals surface area contributed by atoms with Crippen LogP contribution >= 0.6 is 0 Å². The van der Waals surface area contributed by atoms with Crippen molar-refractivity contribution in [3.8, 4) is 0 Å². The molecule has 0 aromatic carbocycles. The summed E-state index contributed by atoms with van der Waals surface area (Å²) in [5.74, 6) is 1.27. The standard InChI is InChI=1S/C32H48O4/c1-27(2)23-11-12-32(7)24(30(23,5)17-20(19-33)25(27)34)10-9-21-22-18-29(4,26(35)36-8)14-13-28(22,3)15-16-31(21,32)6/h9,19,22-24,33H,10-18H2,1-8H3/b20-19-/t22-,23-,24+,28+,29-,30-,31+,32+/m0/s1. The van der Waals surface area contributed by atoms with Gasteiger partial charge < -0.3 is 9.84 Å². The molecule has 200 valence electrons. The molecule has 0 aliphatic heterocycles. The van der Waals surface area contributed by atoms with E-state index in [0.717, 1.165) is 44.8 Å². The van der Waals surface area contributed by atoms with E-state index < -0.39 is 10.8 Å². The number of hydrogen-bond donors (Lipinski definition) is 1. The number of rotatable bonds is 1. The van der Waals surface area contributed by atoms with E-state index in [2.05, 4.69) is 54.5 Å². The predicted octanol–water partition coefficient (Wildman–Crippen LogP) is 7.58. The molecule has 5 aliphatic carbocycles. The summed E-state index contributed by atoms with van der Waals surface area (Å²) in [6.07, 6.45) is 12.9. The van der Waals surface area contributed by atoms with E-state index in [0.29, 0.717) is 29.7 Å². The third kappa shape index (κ3) is 3.05. The van der Waals surface area contributed by atoms with Crippen molar-refractivity contribution >= 4 is 11.8 Å². The second-order valence-electron chi connectivity index (χ2n) is 15.1. The molecule has 1 N–H and O–H groups in total. The van der Waals surface area contributed by atoms with Gasteiger partial charge in [0, 0.05) is 11.0 Å². The van der Waals surface area contributed by atoms with Crippen LogP contribution < -0.4 is 0 Å². The normalized spacial score (nSPS) is 50.8. The molecule has 0 radical (unpaired) electrons. The van der Waals surface area contributed by atoms with Crippen LogP contribution in [0.25, 0.3) is 0 Å². The van der Waals surface area contributed by atoms with Crippen LogP contribution in [0, 0.1) is 50.2 Å². The highest BCUT2D eigenvalue weighted by Gasteiger charge is 2.68. The Balaban J connectivity index is 1.59. The first-order valence-corrected chi connectivity index (χ1v) is 14.3. The molecule has 0 unspecified atom stereocenters. The number of aliphatic hydroxyl groups excluding tert-OH is 1. The molecule has 0 spiro atoms. The maximum Gasteiger partial charge on any atom is 0.311 e.